The van der Waals surface area contributed by atoms with Crippen LogP contribution in [0.25, 0.3) is 11.1 Å². The van der Waals surface area contributed by atoms with E-state index in [0.29, 0.717) is 5.82 Å². The fourth-order valence-electron chi connectivity index (χ4n) is 3.92. The van der Waals surface area contributed by atoms with Gasteiger partial charge in [0, 0.05) is 11.8 Å². The van der Waals surface area contributed by atoms with Crippen LogP contribution in [0.15, 0.2) is 66.3 Å². The van der Waals surface area contributed by atoms with E-state index in [2.05, 4.69) is 21.9 Å². The van der Waals surface area contributed by atoms with Gasteiger partial charge in [-0.05, 0) is 80.2 Å². The number of alkyl halides is 3. The fraction of sp³-hybridized carbons (Fsp3) is 0.269. The summed E-state index contributed by atoms with van der Waals surface area (Å²) in [5.41, 5.74) is 7.51. The first-order valence-corrected chi connectivity index (χ1v) is 11.5. The average Bonchev–Trinajstić information content (AvgIpc) is 3.24. The minimum Gasteiger partial charge on any atom is -0.456 e. The van der Waals surface area contributed by atoms with Gasteiger partial charge in [0.05, 0.1) is 16.9 Å². The van der Waals surface area contributed by atoms with Crippen molar-refractivity contribution in [3.05, 3.63) is 77.5 Å². The Morgan fingerprint density at radius 1 is 1.23 bits per heavy atom. The minimum absolute atomic E-state index is 0.0433. The predicted molar refractivity (Wildman–Crippen MR) is 136 cm³/mol. The van der Waals surface area contributed by atoms with E-state index in [9.17, 15) is 13.2 Å². The normalized spacial score (nSPS) is 12.7. The van der Waals surface area contributed by atoms with E-state index in [-0.39, 0.29) is 22.4 Å². The highest BCUT2D eigenvalue weighted by molar-refractivity contribution is 6.32. The maximum absolute atomic E-state index is 13.0. The van der Waals surface area contributed by atoms with Gasteiger partial charge in [0.15, 0.2) is 0 Å². The maximum Gasteiger partial charge on any atom is 0.416 e. The standard InChI is InChI=1S/C26H28ClF3N4O/c1-3-4-6-17(11-12-32-2)21-15-33-25(34-16-31)24(21)18-9-10-23(22(27)13-18)35-20-8-5-7-19(14-20)26(28,29)30/h3,5,7-10,13-17,32-33H,1,4,6,11-12H2,2H3,(H2,31,34). The highest BCUT2D eigenvalue weighted by Crippen LogP contribution is 2.43. The van der Waals surface area contributed by atoms with Gasteiger partial charge in [0.1, 0.15) is 17.3 Å². The zero-order valence-corrected chi connectivity index (χ0v) is 20.1. The second-order valence-corrected chi connectivity index (χ2v) is 8.38. The van der Waals surface area contributed by atoms with Gasteiger partial charge in [-0.15, -0.1) is 6.58 Å². The molecule has 3 aromatic rings. The molecule has 0 bridgehead atoms. The van der Waals surface area contributed by atoms with Crippen LogP contribution in [0.3, 0.4) is 0 Å². The molecular formula is C26H28ClF3N4O. The summed E-state index contributed by atoms with van der Waals surface area (Å²) in [5, 5.41) is 3.45. The number of hydrogen-bond acceptors (Lipinski definition) is 3. The average molecular weight is 505 g/mol. The SMILES string of the molecule is C=CCCC(CCNC)c1c[nH]c(/N=C\N)c1-c1ccc(Oc2cccc(C(F)(F)F)c2)c(Cl)c1. The summed E-state index contributed by atoms with van der Waals surface area (Å²) in [4.78, 5) is 7.48. The Bertz CT molecular complexity index is 1170. The van der Waals surface area contributed by atoms with Gasteiger partial charge in [0.2, 0.25) is 0 Å². The quantitative estimate of drug-likeness (QED) is 0.144. The van der Waals surface area contributed by atoms with Crippen LogP contribution in [-0.4, -0.2) is 24.9 Å². The van der Waals surface area contributed by atoms with Crippen molar-refractivity contribution < 1.29 is 17.9 Å². The number of allylic oxidation sites excluding steroid dienone is 1. The lowest BCUT2D eigenvalue weighted by Crippen LogP contribution is -2.12. The number of hydrogen-bond donors (Lipinski definition) is 3. The van der Waals surface area contributed by atoms with Gasteiger partial charge in [-0.3, -0.25) is 0 Å². The second-order valence-electron chi connectivity index (χ2n) is 7.97. The van der Waals surface area contributed by atoms with Crippen LogP contribution in [0.1, 0.15) is 36.3 Å². The van der Waals surface area contributed by atoms with Crippen LogP contribution in [-0.2, 0) is 6.18 Å². The van der Waals surface area contributed by atoms with Crippen LogP contribution >= 0.6 is 11.6 Å². The van der Waals surface area contributed by atoms with Crippen LogP contribution in [0, 0.1) is 0 Å². The third kappa shape index (κ3) is 6.68. The molecule has 1 heterocycles. The molecule has 1 aromatic heterocycles. The van der Waals surface area contributed by atoms with Crippen molar-refractivity contribution in [3.8, 4) is 22.6 Å². The third-order valence-corrected chi connectivity index (χ3v) is 5.90. The molecule has 0 aliphatic carbocycles. The Morgan fingerprint density at radius 3 is 2.69 bits per heavy atom. The number of halogens is 4. The Kier molecular flexibility index (Phi) is 9.01. The van der Waals surface area contributed by atoms with E-state index in [4.69, 9.17) is 22.1 Å². The first-order valence-electron chi connectivity index (χ1n) is 11.1. The number of rotatable bonds is 11. The number of nitrogens with zero attached hydrogens (tertiary/aromatic N) is 1. The lowest BCUT2D eigenvalue weighted by molar-refractivity contribution is -0.137. The summed E-state index contributed by atoms with van der Waals surface area (Å²) in [5.74, 6) is 1.11. The number of nitrogens with two attached hydrogens (primary N) is 1. The van der Waals surface area contributed by atoms with Gasteiger partial charge < -0.3 is 20.8 Å². The lowest BCUT2D eigenvalue weighted by atomic mass is 9.88. The van der Waals surface area contributed by atoms with E-state index < -0.39 is 11.7 Å². The van der Waals surface area contributed by atoms with E-state index >= 15 is 0 Å². The van der Waals surface area contributed by atoms with Crippen molar-refractivity contribution in [1.29, 1.82) is 0 Å². The molecule has 0 aliphatic heterocycles. The van der Waals surface area contributed by atoms with Crippen LogP contribution in [0.2, 0.25) is 5.02 Å². The molecule has 0 fully saturated rings. The molecule has 5 nitrogen and oxygen atoms in total. The molecule has 0 saturated heterocycles. The van der Waals surface area contributed by atoms with E-state index in [0.717, 1.165) is 54.6 Å². The molecule has 186 valence electrons. The molecular weight excluding hydrogens is 477 g/mol. The number of nitrogens with one attached hydrogen (secondary N) is 2. The van der Waals surface area contributed by atoms with Crippen LogP contribution in [0.4, 0.5) is 19.0 Å². The van der Waals surface area contributed by atoms with Crippen molar-refractivity contribution in [2.45, 2.75) is 31.4 Å². The van der Waals surface area contributed by atoms with E-state index in [1.807, 2.05) is 19.3 Å². The van der Waals surface area contributed by atoms with Gasteiger partial charge in [-0.2, -0.15) is 13.2 Å². The van der Waals surface area contributed by atoms with Crippen molar-refractivity contribution in [3.63, 3.8) is 0 Å². The van der Waals surface area contributed by atoms with Gasteiger partial charge in [-0.1, -0.05) is 29.8 Å². The molecule has 3 rings (SSSR count). The number of aromatic amines is 1. The monoisotopic (exact) mass is 504 g/mol. The Morgan fingerprint density at radius 2 is 2.03 bits per heavy atom. The van der Waals surface area contributed by atoms with Gasteiger partial charge in [-0.25, -0.2) is 4.99 Å². The van der Waals surface area contributed by atoms with Crippen molar-refractivity contribution >= 4 is 23.8 Å². The molecule has 2 aromatic carbocycles. The fourth-order valence-corrected chi connectivity index (χ4v) is 4.14. The molecule has 9 heteroatoms. The smallest absolute Gasteiger partial charge is 0.416 e. The van der Waals surface area contributed by atoms with Crippen LogP contribution in [0.5, 0.6) is 11.5 Å². The molecule has 0 amide bonds. The number of benzene rings is 2. The first kappa shape index (κ1) is 26.4. The number of H-pyrrole nitrogens is 1. The summed E-state index contributed by atoms with van der Waals surface area (Å²) >= 11 is 6.51. The van der Waals surface area contributed by atoms with E-state index in [1.54, 1.807) is 18.2 Å². The summed E-state index contributed by atoms with van der Waals surface area (Å²) in [6.07, 6.45) is 3.26. The van der Waals surface area contributed by atoms with Gasteiger partial charge in [0.25, 0.3) is 0 Å². The maximum atomic E-state index is 13.0. The largest absolute Gasteiger partial charge is 0.456 e. The van der Waals surface area contributed by atoms with Gasteiger partial charge >= 0.3 is 6.18 Å². The third-order valence-electron chi connectivity index (χ3n) is 5.61. The highest BCUT2D eigenvalue weighted by atomic mass is 35.5. The predicted octanol–water partition coefficient (Wildman–Crippen LogP) is 7.42. The molecule has 0 saturated carbocycles. The highest BCUT2D eigenvalue weighted by Gasteiger charge is 2.30. The molecule has 1 atom stereocenters. The summed E-state index contributed by atoms with van der Waals surface area (Å²) in [7, 11) is 1.91. The van der Waals surface area contributed by atoms with Crippen LogP contribution < -0.4 is 15.8 Å². The topological polar surface area (TPSA) is 75.4 Å². The van der Waals surface area contributed by atoms with Crippen molar-refractivity contribution in [1.82, 2.24) is 10.3 Å². The lowest BCUT2D eigenvalue weighted by Gasteiger charge is -2.18. The zero-order valence-electron chi connectivity index (χ0n) is 19.3. The summed E-state index contributed by atoms with van der Waals surface area (Å²) in [6.45, 7) is 4.68. The van der Waals surface area contributed by atoms with Crippen molar-refractivity contribution in [2.75, 3.05) is 13.6 Å². The number of aromatic nitrogens is 1. The van der Waals surface area contributed by atoms with E-state index in [1.165, 1.54) is 18.5 Å². The number of ether oxygens (including phenoxy) is 1. The Hall–Kier alpha value is -3.23. The Balaban J connectivity index is 1.97. The summed E-state index contributed by atoms with van der Waals surface area (Å²) in [6, 6.07) is 9.82. The molecule has 1 unspecified atom stereocenters. The zero-order chi connectivity index (χ0) is 25.4. The molecule has 0 aliphatic rings. The minimum atomic E-state index is -4.47. The molecule has 0 spiro atoms. The van der Waals surface area contributed by atoms with Crippen molar-refractivity contribution in [2.24, 2.45) is 10.7 Å². The first-order chi connectivity index (χ1) is 16.8. The Labute approximate surface area is 207 Å². The molecule has 35 heavy (non-hydrogen) atoms. The molecule has 4 N–H and O–H groups in total. The second kappa shape index (κ2) is 12.0. The summed E-state index contributed by atoms with van der Waals surface area (Å²) < 4.78 is 44.8. The molecule has 0 radical (unpaired) electrons. The number of aliphatic imine (C=N–C) groups is 1.